The van der Waals surface area contributed by atoms with Crippen LogP contribution < -0.4 is 5.32 Å². The molecule has 4 nitrogen and oxygen atoms in total. The van der Waals surface area contributed by atoms with Crippen molar-refractivity contribution in [2.24, 2.45) is 5.41 Å². The van der Waals surface area contributed by atoms with Gasteiger partial charge in [0.05, 0.1) is 0 Å². The lowest BCUT2D eigenvalue weighted by molar-refractivity contribution is -0.132. The monoisotopic (exact) mass is 213 g/mol. The summed E-state index contributed by atoms with van der Waals surface area (Å²) in [5.41, 5.74) is 0.447. The summed E-state index contributed by atoms with van der Waals surface area (Å²) in [6, 6.07) is 0. The molecule has 0 aromatic rings. The quantitative estimate of drug-likeness (QED) is 0.670. The van der Waals surface area contributed by atoms with Crippen molar-refractivity contribution < 1.29 is 14.6 Å². The summed E-state index contributed by atoms with van der Waals surface area (Å²) in [5.74, 6) is -0.931. The van der Waals surface area contributed by atoms with Crippen LogP contribution in [-0.4, -0.2) is 37.4 Å². The van der Waals surface area contributed by atoms with Gasteiger partial charge in [-0.15, -0.1) is 0 Å². The van der Waals surface area contributed by atoms with Crippen LogP contribution in [-0.2, 0) is 9.53 Å². The largest absolute Gasteiger partial charge is 0.478 e. The molecule has 0 aliphatic carbocycles. The number of hydrogen-bond acceptors (Lipinski definition) is 3. The molecule has 0 saturated carbocycles. The standard InChI is InChI=1S/C11H19NO3/c1-9(10(13)14)7-12-8-11(2)3-5-15-6-4-11/h12H,1,3-8H2,2H3,(H,13,14). The summed E-state index contributed by atoms with van der Waals surface area (Å²) >= 11 is 0. The Morgan fingerprint density at radius 1 is 1.53 bits per heavy atom. The first kappa shape index (κ1) is 12.2. The van der Waals surface area contributed by atoms with Crippen LogP contribution in [0.25, 0.3) is 0 Å². The molecule has 1 aliphatic rings. The van der Waals surface area contributed by atoms with Crippen LogP contribution in [0.2, 0.25) is 0 Å². The molecule has 4 heteroatoms. The van der Waals surface area contributed by atoms with Crippen molar-refractivity contribution in [3.63, 3.8) is 0 Å². The highest BCUT2D eigenvalue weighted by Gasteiger charge is 2.26. The van der Waals surface area contributed by atoms with E-state index in [1.54, 1.807) is 0 Å². The number of carboxylic acids is 1. The first-order valence-corrected chi connectivity index (χ1v) is 5.23. The van der Waals surface area contributed by atoms with Crippen molar-refractivity contribution in [3.05, 3.63) is 12.2 Å². The van der Waals surface area contributed by atoms with E-state index in [2.05, 4.69) is 18.8 Å². The molecule has 1 saturated heterocycles. The molecule has 0 atom stereocenters. The van der Waals surface area contributed by atoms with Crippen molar-refractivity contribution in [2.45, 2.75) is 19.8 Å². The summed E-state index contributed by atoms with van der Waals surface area (Å²) in [5, 5.41) is 11.8. The van der Waals surface area contributed by atoms with Crippen LogP contribution >= 0.6 is 0 Å². The normalized spacial score (nSPS) is 19.8. The smallest absolute Gasteiger partial charge is 0.332 e. The Bertz CT molecular complexity index is 244. The summed E-state index contributed by atoms with van der Waals surface area (Å²) in [6.07, 6.45) is 2.05. The van der Waals surface area contributed by atoms with Crippen molar-refractivity contribution in [1.29, 1.82) is 0 Å². The second-order valence-electron chi connectivity index (χ2n) is 4.44. The maximum Gasteiger partial charge on any atom is 0.332 e. The van der Waals surface area contributed by atoms with Gasteiger partial charge in [-0.3, -0.25) is 0 Å². The molecule has 1 fully saturated rings. The van der Waals surface area contributed by atoms with Crippen molar-refractivity contribution in [1.82, 2.24) is 5.32 Å². The second-order valence-corrected chi connectivity index (χ2v) is 4.44. The van der Waals surface area contributed by atoms with E-state index >= 15 is 0 Å². The summed E-state index contributed by atoms with van der Waals surface area (Å²) in [6.45, 7) is 8.46. The average molecular weight is 213 g/mol. The van der Waals surface area contributed by atoms with Gasteiger partial charge in [0.25, 0.3) is 0 Å². The SMILES string of the molecule is C=C(CNCC1(C)CCOCC1)C(=O)O. The predicted molar refractivity (Wildman–Crippen MR) is 57.8 cm³/mol. The fourth-order valence-corrected chi connectivity index (χ4v) is 1.63. The van der Waals surface area contributed by atoms with Crippen LogP contribution in [0, 0.1) is 5.41 Å². The molecule has 1 aliphatic heterocycles. The Hall–Kier alpha value is -0.870. The van der Waals surface area contributed by atoms with E-state index in [0.29, 0.717) is 6.54 Å². The van der Waals surface area contributed by atoms with Gasteiger partial charge in [0.1, 0.15) is 0 Å². The van der Waals surface area contributed by atoms with Gasteiger partial charge >= 0.3 is 5.97 Å². The lowest BCUT2D eigenvalue weighted by Crippen LogP contribution is -2.37. The fraction of sp³-hybridized carbons (Fsp3) is 0.727. The molecule has 0 radical (unpaired) electrons. The van der Waals surface area contributed by atoms with E-state index in [9.17, 15) is 4.79 Å². The molecule has 86 valence electrons. The van der Waals surface area contributed by atoms with E-state index in [4.69, 9.17) is 9.84 Å². The number of hydrogen-bond donors (Lipinski definition) is 2. The van der Waals surface area contributed by atoms with Gasteiger partial charge in [-0.05, 0) is 18.3 Å². The molecule has 0 aromatic heterocycles. The van der Waals surface area contributed by atoms with Gasteiger partial charge in [0, 0.05) is 31.9 Å². The zero-order valence-electron chi connectivity index (χ0n) is 9.21. The topological polar surface area (TPSA) is 58.6 Å². The first-order valence-electron chi connectivity index (χ1n) is 5.23. The second kappa shape index (κ2) is 5.28. The van der Waals surface area contributed by atoms with Gasteiger partial charge in [0.15, 0.2) is 0 Å². The Labute approximate surface area is 90.3 Å². The number of rotatable bonds is 5. The van der Waals surface area contributed by atoms with Crippen LogP contribution in [0.5, 0.6) is 0 Å². The molecule has 1 heterocycles. The fourth-order valence-electron chi connectivity index (χ4n) is 1.63. The molecule has 15 heavy (non-hydrogen) atoms. The third kappa shape index (κ3) is 4.01. The molecule has 0 aromatic carbocycles. The van der Waals surface area contributed by atoms with Crippen LogP contribution in [0.4, 0.5) is 0 Å². The van der Waals surface area contributed by atoms with Crippen molar-refractivity contribution in [2.75, 3.05) is 26.3 Å². The molecule has 0 amide bonds. The summed E-state index contributed by atoms with van der Waals surface area (Å²) in [7, 11) is 0. The van der Waals surface area contributed by atoms with E-state index in [-0.39, 0.29) is 11.0 Å². The Morgan fingerprint density at radius 3 is 2.67 bits per heavy atom. The third-order valence-electron chi connectivity index (χ3n) is 2.89. The molecule has 0 unspecified atom stereocenters. The Balaban J connectivity index is 2.24. The van der Waals surface area contributed by atoms with E-state index in [1.807, 2.05) is 0 Å². The summed E-state index contributed by atoms with van der Waals surface area (Å²) in [4.78, 5) is 10.5. The molecular formula is C11H19NO3. The molecule has 0 spiro atoms. The summed E-state index contributed by atoms with van der Waals surface area (Å²) < 4.78 is 5.29. The van der Waals surface area contributed by atoms with Crippen LogP contribution in [0.3, 0.4) is 0 Å². The number of aliphatic carboxylic acids is 1. The lowest BCUT2D eigenvalue weighted by Gasteiger charge is -2.33. The van der Waals surface area contributed by atoms with E-state index < -0.39 is 5.97 Å². The molecule has 2 N–H and O–H groups in total. The van der Waals surface area contributed by atoms with Crippen LogP contribution in [0.1, 0.15) is 19.8 Å². The average Bonchev–Trinajstić information content (AvgIpc) is 2.18. The predicted octanol–water partition coefficient (Wildman–Crippen LogP) is 1.03. The number of carboxylic acid groups (broad SMARTS) is 1. The number of nitrogens with one attached hydrogen (secondary N) is 1. The van der Waals surface area contributed by atoms with E-state index in [1.165, 1.54) is 0 Å². The van der Waals surface area contributed by atoms with Gasteiger partial charge in [-0.2, -0.15) is 0 Å². The molecule has 0 bridgehead atoms. The maximum absolute atomic E-state index is 10.5. The van der Waals surface area contributed by atoms with Gasteiger partial charge in [0.2, 0.25) is 0 Å². The van der Waals surface area contributed by atoms with Gasteiger partial charge in [-0.25, -0.2) is 4.79 Å². The third-order valence-corrected chi connectivity index (χ3v) is 2.89. The highest BCUT2D eigenvalue weighted by atomic mass is 16.5. The minimum absolute atomic E-state index is 0.214. The minimum atomic E-state index is -0.931. The Morgan fingerprint density at radius 2 is 2.13 bits per heavy atom. The maximum atomic E-state index is 10.5. The van der Waals surface area contributed by atoms with Crippen molar-refractivity contribution in [3.8, 4) is 0 Å². The lowest BCUT2D eigenvalue weighted by atomic mass is 9.82. The molecule has 1 rings (SSSR count). The van der Waals surface area contributed by atoms with Crippen LogP contribution in [0.15, 0.2) is 12.2 Å². The zero-order chi connectivity index (χ0) is 11.3. The zero-order valence-corrected chi connectivity index (χ0v) is 9.21. The van der Waals surface area contributed by atoms with Gasteiger partial charge < -0.3 is 15.2 Å². The minimum Gasteiger partial charge on any atom is -0.478 e. The number of ether oxygens (including phenoxy) is 1. The van der Waals surface area contributed by atoms with Gasteiger partial charge in [-0.1, -0.05) is 13.5 Å². The number of carbonyl (C=O) groups is 1. The Kier molecular flexibility index (Phi) is 4.29. The first-order chi connectivity index (χ1) is 7.03. The van der Waals surface area contributed by atoms with Crippen molar-refractivity contribution >= 4 is 5.97 Å². The highest BCUT2D eigenvalue weighted by molar-refractivity contribution is 5.86. The highest BCUT2D eigenvalue weighted by Crippen LogP contribution is 2.28. The van der Waals surface area contributed by atoms with E-state index in [0.717, 1.165) is 32.6 Å². The molecular weight excluding hydrogens is 194 g/mol.